The molecule has 0 bridgehead atoms. The van der Waals surface area contributed by atoms with Gasteiger partial charge in [-0.25, -0.2) is 4.85 Å². The second kappa shape index (κ2) is 13.9. The van der Waals surface area contributed by atoms with Crippen LogP contribution in [0, 0.1) is 17.9 Å². The smallest absolute Gasteiger partial charge is 0.235 e. The second-order valence-corrected chi connectivity index (χ2v) is 21.4. The Labute approximate surface area is 410 Å². The number of nitriles is 1. The molecular formula is C62H31N5S3. The summed E-state index contributed by atoms with van der Waals surface area (Å²) in [6.45, 7) is 9.41. The molecule has 0 aliphatic carbocycles. The molecule has 16 aromatic rings. The number of nitrogens with zero attached hydrogens (tertiary/aromatic N) is 5. The van der Waals surface area contributed by atoms with Crippen LogP contribution >= 0.6 is 34.0 Å². The average Bonchev–Trinajstić information content (AvgIpc) is 4.25. The first-order chi connectivity index (χ1) is 34.6. The van der Waals surface area contributed by atoms with Gasteiger partial charge in [-0.05, 0) is 78.9 Å². The lowest BCUT2D eigenvalue weighted by Gasteiger charge is -2.22. The van der Waals surface area contributed by atoms with Crippen molar-refractivity contribution in [2.75, 3.05) is 0 Å². The Balaban J connectivity index is 1.13. The first kappa shape index (κ1) is 38.2. The maximum absolute atomic E-state index is 12.0. The van der Waals surface area contributed by atoms with Gasteiger partial charge in [0.25, 0.3) is 0 Å². The molecule has 0 atom stereocenters. The van der Waals surface area contributed by atoms with Gasteiger partial charge in [0, 0.05) is 92.8 Å². The van der Waals surface area contributed by atoms with Crippen molar-refractivity contribution in [3.63, 3.8) is 0 Å². The predicted octanol–water partition coefficient (Wildman–Crippen LogP) is 18.5. The zero-order valence-electron chi connectivity index (χ0n) is 36.9. The van der Waals surface area contributed by atoms with E-state index in [1.165, 1.54) is 55.1 Å². The summed E-state index contributed by atoms with van der Waals surface area (Å²) in [5.74, 6) is 0. The van der Waals surface area contributed by atoms with Crippen molar-refractivity contribution in [1.29, 1.82) is 5.26 Å². The summed E-state index contributed by atoms with van der Waals surface area (Å²) in [6.07, 6.45) is 0. The molecule has 16 rings (SSSR count). The van der Waals surface area contributed by atoms with Crippen LogP contribution in [-0.4, -0.2) is 13.7 Å². The Morgan fingerprint density at radius 1 is 0.343 bits per heavy atom. The average molecular weight is 942 g/mol. The van der Waals surface area contributed by atoms with Gasteiger partial charge in [0.2, 0.25) is 5.69 Å². The van der Waals surface area contributed by atoms with Crippen LogP contribution in [0.2, 0.25) is 0 Å². The molecule has 10 aromatic carbocycles. The number of hydrogen-bond donors (Lipinski definition) is 0. The highest BCUT2D eigenvalue weighted by Gasteiger charge is 2.29. The minimum Gasteiger partial charge on any atom is -0.319 e. The van der Waals surface area contributed by atoms with Crippen LogP contribution in [-0.2, 0) is 0 Å². The van der Waals surface area contributed by atoms with Crippen molar-refractivity contribution < 1.29 is 0 Å². The lowest BCUT2D eigenvalue weighted by molar-refractivity contribution is 1.09. The normalized spacial score (nSPS) is 12.3. The second-order valence-electron chi connectivity index (χ2n) is 18.2. The van der Waals surface area contributed by atoms with Crippen LogP contribution in [0.5, 0.6) is 0 Å². The first-order valence-electron chi connectivity index (χ1n) is 23.2. The summed E-state index contributed by atoms with van der Waals surface area (Å²) in [5, 5.41) is 25.7. The van der Waals surface area contributed by atoms with E-state index in [-0.39, 0.29) is 0 Å². The Morgan fingerprint density at radius 2 is 0.700 bits per heavy atom. The Morgan fingerprint density at radius 3 is 1.11 bits per heavy atom. The number of fused-ring (bicyclic) bond motifs is 18. The molecule has 0 aliphatic rings. The largest absolute Gasteiger partial charge is 0.319 e. The third kappa shape index (κ3) is 4.96. The zero-order chi connectivity index (χ0) is 45.9. The van der Waals surface area contributed by atoms with E-state index in [4.69, 9.17) is 0 Å². The molecule has 0 radical (unpaired) electrons. The van der Waals surface area contributed by atoms with Crippen molar-refractivity contribution in [3.8, 4) is 23.1 Å². The molecule has 0 unspecified atom stereocenters. The van der Waals surface area contributed by atoms with E-state index >= 15 is 0 Å². The van der Waals surface area contributed by atoms with E-state index in [0.717, 1.165) is 70.8 Å². The summed E-state index contributed by atoms with van der Waals surface area (Å²) in [6, 6.07) is 70.3. The van der Waals surface area contributed by atoms with Crippen molar-refractivity contribution in [3.05, 3.63) is 205 Å². The molecule has 322 valence electrons. The molecule has 0 saturated carbocycles. The summed E-state index contributed by atoms with van der Waals surface area (Å²) >= 11 is 5.43. The van der Waals surface area contributed by atoms with E-state index in [9.17, 15) is 11.8 Å². The fourth-order valence-corrected chi connectivity index (χ4v) is 15.1. The molecule has 6 heterocycles. The van der Waals surface area contributed by atoms with Gasteiger partial charge in [0.15, 0.2) is 0 Å². The van der Waals surface area contributed by atoms with Crippen LogP contribution in [0.1, 0.15) is 5.56 Å². The maximum atomic E-state index is 12.0. The van der Waals surface area contributed by atoms with Crippen LogP contribution in [0.15, 0.2) is 188 Å². The molecule has 0 saturated heterocycles. The summed E-state index contributed by atoms with van der Waals surface area (Å²) in [5.41, 5.74) is 8.71. The summed E-state index contributed by atoms with van der Waals surface area (Å²) in [7, 11) is 0. The Hall–Kier alpha value is -8.76. The molecule has 0 N–H and O–H groups in total. The topological polar surface area (TPSA) is 42.9 Å². The number of aromatic nitrogens is 3. The molecule has 5 nitrogen and oxygen atoms in total. The number of para-hydroxylation sites is 3. The molecule has 8 heteroatoms. The van der Waals surface area contributed by atoms with Gasteiger partial charge in [0.1, 0.15) is 6.07 Å². The fraction of sp³-hybridized carbons (Fsp3) is 0. The van der Waals surface area contributed by atoms with Gasteiger partial charge in [-0.15, -0.1) is 34.0 Å². The lowest BCUT2D eigenvalue weighted by atomic mass is 10.0. The minimum absolute atomic E-state index is 0.406. The number of rotatable bonds is 3. The van der Waals surface area contributed by atoms with E-state index < -0.39 is 0 Å². The highest BCUT2D eigenvalue weighted by atomic mass is 32.1. The standard InChI is InChI=1S/C62H31N5S3/c1-64-61-54(66-48-21-9-3-15-35(48)41-30-59-44(27-51(41)66)38-18-6-12-24-56(38)69-59)32-53(65-47-20-8-2-14-34(47)40-29-58-43(26-50(40)65)37-17-5-11-23-55(37)68-58)46(33-63)62(61)67-49-22-10-4-16-36(49)42-31-60-45(28-52(42)67)39-19-7-13-25-57(39)70-60/h2-32H. The highest BCUT2D eigenvalue weighted by molar-refractivity contribution is 7.26. The van der Waals surface area contributed by atoms with Crippen molar-refractivity contribution in [2.45, 2.75) is 0 Å². The van der Waals surface area contributed by atoms with Gasteiger partial charge in [0.05, 0.1) is 62.3 Å². The molecule has 0 fully saturated rings. The minimum atomic E-state index is 0.406. The molecular weight excluding hydrogens is 911 g/mol. The molecule has 0 aliphatic heterocycles. The fourth-order valence-electron chi connectivity index (χ4n) is 11.7. The summed E-state index contributed by atoms with van der Waals surface area (Å²) in [4.78, 5) is 4.59. The lowest BCUT2D eigenvalue weighted by Crippen LogP contribution is -2.08. The van der Waals surface area contributed by atoms with Gasteiger partial charge in [-0.2, -0.15) is 5.26 Å². The van der Waals surface area contributed by atoms with Gasteiger partial charge in [-0.3, -0.25) is 0 Å². The number of benzene rings is 10. The van der Waals surface area contributed by atoms with E-state index in [1.807, 2.05) is 22.7 Å². The third-order valence-corrected chi connectivity index (χ3v) is 18.1. The van der Waals surface area contributed by atoms with E-state index in [0.29, 0.717) is 28.3 Å². The van der Waals surface area contributed by atoms with Crippen LogP contribution < -0.4 is 0 Å². The van der Waals surface area contributed by atoms with Gasteiger partial charge in [-0.1, -0.05) is 109 Å². The first-order valence-corrected chi connectivity index (χ1v) is 25.6. The number of thiophene rings is 3. The predicted molar refractivity (Wildman–Crippen MR) is 299 cm³/mol. The third-order valence-electron chi connectivity index (χ3n) is 14.7. The van der Waals surface area contributed by atoms with Gasteiger partial charge >= 0.3 is 0 Å². The Bertz CT molecular complexity index is 4890. The van der Waals surface area contributed by atoms with Crippen molar-refractivity contribution >= 4 is 166 Å². The maximum Gasteiger partial charge on any atom is 0.235 e. The molecule has 0 spiro atoms. The number of hydrogen-bond acceptors (Lipinski definition) is 4. The van der Waals surface area contributed by atoms with E-state index in [1.54, 1.807) is 11.3 Å². The van der Waals surface area contributed by atoms with Gasteiger partial charge < -0.3 is 13.7 Å². The highest BCUT2D eigenvalue weighted by Crippen LogP contribution is 2.50. The SMILES string of the molecule is [C-]#[N+]c1c(-n2c3ccccc3c3cc4sc5ccccc5c4cc32)cc(-n2c3ccccc3c3cc4sc5ccccc5c4cc32)c(C#N)c1-n1c2ccccc2c2cc3sc4ccccc4c3cc21. The van der Waals surface area contributed by atoms with Crippen LogP contribution in [0.4, 0.5) is 5.69 Å². The summed E-state index contributed by atoms with van der Waals surface area (Å²) < 4.78 is 14.2. The van der Waals surface area contributed by atoms with Crippen molar-refractivity contribution in [1.82, 2.24) is 13.7 Å². The Kier molecular flexibility index (Phi) is 7.60. The quantitative estimate of drug-likeness (QED) is 0.163. The van der Waals surface area contributed by atoms with Crippen LogP contribution in [0.3, 0.4) is 0 Å². The zero-order valence-corrected chi connectivity index (χ0v) is 39.3. The van der Waals surface area contributed by atoms with Crippen molar-refractivity contribution in [2.24, 2.45) is 0 Å². The van der Waals surface area contributed by atoms with E-state index in [2.05, 4.69) is 213 Å². The monoisotopic (exact) mass is 941 g/mol. The van der Waals surface area contributed by atoms with Crippen LogP contribution in [0.25, 0.3) is 148 Å². The molecule has 0 amide bonds. The molecule has 70 heavy (non-hydrogen) atoms. The molecule has 6 aromatic heterocycles.